The second kappa shape index (κ2) is 13.7. The number of aliphatic imine (C=N–C) groups is 1. The Hall–Kier alpha value is -1.38. The average Bonchev–Trinajstić information content (AvgIpc) is 2.63. The quantitative estimate of drug-likeness (QED) is 0.291. The maximum Gasteiger partial charge on any atom is 0.203 e. The minimum Gasteiger partial charge on any atom is -0.493 e. The molecule has 0 bridgehead atoms. The Morgan fingerprint density at radius 1 is 1.07 bits per heavy atom. The van der Waals surface area contributed by atoms with E-state index in [1.807, 2.05) is 19.1 Å². The molecule has 2 N–H and O–H groups in total. The van der Waals surface area contributed by atoms with Gasteiger partial charge in [0.25, 0.3) is 0 Å². The van der Waals surface area contributed by atoms with Crippen molar-refractivity contribution in [2.75, 3.05) is 27.9 Å². The predicted molar refractivity (Wildman–Crippen MR) is 123 cm³/mol. The SMILES string of the molecule is CCOc1c(OC)cc(CNC(=NC)NC(C)CCC(C)C)cc1OC.I. The molecule has 0 aliphatic rings. The molecule has 0 aliphatic carbocycles. The van der Waals surface area contributed by atoms with Crippen LogP contribution in [0.2, 0.25) is 0 Å². The van der Waals surface area contributed by atoms with Crippen LogP contribution in [0.1, 0.15) is 46.1 Å². The van der Waals surface area contributed by atoms with Gasteiger partial charge in [-0.3, -0.25) is 4.99 Å². The second-order valence-corrected chi connectivity index (χ2v) is 6.70. The Labute approximate surface area is 181 Å². The van der Waals surface area contributed by atoms with Gasteiger partial charge in [0, 0.05) is 19.6 Å². The largest absolute Gasteiger partial charge is 0.493 e. The third-order valence-electron chi connectivity index (χ3n) is 4.05. The molecule has 0 amide bonds. The van der Waals surface area contributed by atoms with Gasteiger partial charge in [0.2, 0.25) is 5.75 Å². The lowest BCUT2D eigenvalue weighted by molar-refractivity contribution is 0.288. The first-order valence-electron chi connectivity index (χ1n) is 9.29. The Morgan fingerprint density at radius 3 is 2.11 bits per heavy atom. The number of hydrogen-bond donors (Lipinski definition) is 2. The topological polar surface area (TPSA) is 64.1 Å². The molecule has 0 aromatic heterocycles. The summed E-state index contributed by atoms with van der Waals surface area (Å²) in [5, 5.41) is 6.78. The maximum absolute atomic E-state index is 5.64. The lowest BCUT2D eigenvalue weighted by atomic mass is 10.0. The zero-order chi connectivity index (χ0) is 19.5. The van der Waals surface area contributed by atoms with E-state index in [9.17, 15) is 0 Å². The Kier molecular flexibility index (Phi) is 13.0. The van der Waals surface area contributed by atoms with E-state index in [1.165, 1.54) is 6.42 Å². The second-order valence-electron chi connectivity index (χ2n) is 6.70. The fraction of sp³-hybridized carbons (Fsp3) is 0.650. The van der Waals surface area contributed by atoms with Crippen LogP contribution in [0.4, 0.5) is 0 Å². The van der Waals surface area contributed by atoms with E-state index in [0.717, 1.165) is 17.9 Å². The van der Waals surface area contributed by atoms with Crippen LogP contribution >= 0.6 is 24.0 Å². The number of nitrogens with one attached hydrogen (secondary N) is 2. The summed E-state index contributed by atoms with van der Waals surface area (Å²) in [5.74, 6) is 3.45. The summed E-state index contributed by atoms with van der Waals surface area (Å²) in [6, 6.07) is 4.28. The Bertz CT molecular complexity index is 555. The lowest BCUT2D eigenvalue weighted by Crippen LogP contribution is -2.41. The van der Waals surface area contributed by atoms with E-state index in [4.69, 9.17) is 14.2 Å². The van der Waals surface area contributed by atoms with Gasteiger partial charge >= 0.3 is 0 Å². The van der Waals surface area contributed by atoms with E-state index in [1.54, 1.807) is 21.3 Å². The summed E-state index contributed by atoms with van der Waals surface area (Å²) < 4.78 is 16.6. The summed E-state index contributed by atoms with van der Waals surface area (Å²) in [5.41, 5.74) is 1.03. The van der Waals surface area contributed by atoms with Gasteiger partial charge in [0.15, 0.2) is 17.5 Å². The smallest absolute Gasteiger partial charge is 0.203 e. The Balaban J connectivity index is 0.00000676. The van der Waals surface area contributed by atoms with Crippen molar-refractivity contribution in [1.29, 1.82) is 0 Å². The van der Waals surface area contributed by atoms with E-state index < -0.39 is 0 Å². The molecule has 0 saturated heterocycles. The lowest BCUT2D eigenvalue weighted by Gasteiger charge is -2.19. The van der Waals surface area contributed by atoms with E-state index >= 15 is 0 Å². The van der Waals surface area contributed by atoms with Crippen LogP contribution < -0.4 is 24.8 Å². The molecule has 27 heavy (non-hydrogen) atoms. The third-order valence-corrected chi connectivity index (χ3v) is 4.05. The molecule has 1 atom stereocenters. The van der Waals surface area contributed by atoms with Gasteiger partial charge in [-0.1, -0.05) is 13.8 Å². The van der Waals surface area contributed by atoms with Crippen molar-refractivity contribution in [3.8, 4) is 17.2 Å². The fourth-order valence-electron chi connectivity index (χ4n) is 2.59. The van der Waals surface area contributed by atoms with Crippen molar-refractivity contribution >= 4 is 29.9 Å². The van der Waals surface area contributed by atoms with Crippen LogP contribution in [0, 0.1) is 5.92 Å². The van der Waals surface area contributed by atoms with Gasteiger partial charge in [-0.15, -0.1) is 24.0 Å². The standard InChI is InChI=1S/C20H35N3O3.HI/c1-8-26-19-17(24-6)11-16(12-18(19)25-7)13-22-20(21-5)23-15(4)10-9-14(2)3;/h11-12,14-15H,8-10,13H2,1-7H3,(H2,21,22,23);1H. The summed E-state index contributed by atoms with van der Waals surface area (Å²) in [6.45, 7) is 9.76. The molecule has 7 heteroatoms. The molecule has 0 radical (unpaired) electrons. The van der Waals surface area contributed by atoms with Gasteiger partial charge < -0.3 is 24.8 Å². The van der Waals surface area contributed by atoms with Crippen molar-refractivity contribution in [1.82, 2.24) is 10.6 Å². The van der Waals surface area contributed by atoms with E-state index in [2.05, 4.69) is 36.4 Å². The highest BCUT2D eigenvalue weighted by atomic mass is 127. The molecule has 0 fully saturated rings. The van der Waals surface area contributed by atoms with E-state index in [0.29, 0.717) is 42.4 Å². The highest BCUT2D eigenvalue weighted by Gasteiger charge is 2.14. The van der Waals surface area contributed by atoms with Gasteiger partial charge in [-0.2, -0.15) is 0 Å². The van der Waals surface area contributed by atoms with Crippen molar-refractivity contribution in [2.45, 2.75) is 53.1 Å². The minimum absolute atomic E-state index is 0. The van der Waals surface area contributed by atoms with Crippen LogP contribution in [-0.4, -0.2) is 39.9 Å². The monoisotopic (exact) mass is 493 g/mol. The molecular formula is C20H36IN3O3. The average molecular weight is 493 g/mol. The number of nitrogens with zero attached hydrogens (tertiary/aromatic N) is 1. The normalized spacial score (nSPS) is 12.2. The number of guanidine groups is 1. The van der Waals surface area contributed by atoms with Crippen molar-refractivity contribution in [3.63, 3.8) is 0 Å². The number of hydrogen-bond acceptors (Lipinski definition) is 4. The highest BCUT2D eigenvalue weighted by molar-refractivity contribution is 14.0. The predicted octanol–water partition coefficient (Wildman–Crippen LogP) is 4.21. The molecule has 1 aromatic rings. The van der Waals surface area contributed by atoms with E-state index in [-0.39, 0.29) is 24.0 Å². The van der Waals surface area contributed by atoms with Gasteiger partial charge in [-0.05, 0) is 50.3 Å². The summed E-state index contributed by atoms with van der Waals surface area (Å²) in [6.07, 6.45) is 2.31. The van der Waals surface area contributed by atoms with Crippen molar-refractivity contribution in [2.24, 2.45) is 10.9 Å². The molecule has 0 heterocycles. The number of ether oxygens (including phenoxy) is 3. The summed E-state index contributed by atoms with van der Waals surface area (Å²) >= 11 is 0. The molecule has 156 valence electrons. The maximum atomic E-state index is 5.64. The molecule has 0 saturated carbocycles. The molecule has 1 rings (SSSR count). The molecular weight excluding hydrogens is 457 g/mol. The van der Waals surface area contributed by atoms with Crippen LogP contribution in [-0.2, 0) is 6.54 Å². The van der Waals surface area contributed by atoms with Crippen molar-refractivity contribution < 1.29 is 14.2 Å². The first-order chi connectivity index (χ1) is 12.4. The molecule has 0 spiro atoms. The number of halogens is 1. The van der Waals surface area contributed by atoms with Gasteiger partial charge in [0.1, 0.15) is 0 Å². The zero-order valence-electron chi connectivity index (χ0n) is 17.7. The molecule has 6 nitrogen and oxygen atoms in total. The van der Waals surface area contributed by atoms with Crippen LogP contribution in [0.15, 0.2) is 17.1 Å². The first kappa shape index (κ1) is 25.6. The van der Waals surface area contributed by atoms with Crippen LogP contribution in [0.25, 0.3) is 0 Å². The number of rotatable bonds is 10. The molecule has 1 aromatic carbocycles. The zero-order valence-corrected chi connectivity index (χ0v) is 20.0. The Morgan fingerprint density at radius 2 is 1.67 bits per heavy atom. The summed E-state index contributed by atoms with van der Waals surface area (Å²) in [4.78, 5) is 4.31. The van der Waals surface area contributed by atoms with Crippen molar-refractivity contribution in [3.05, 3.63) is 17.7 Å². The summed E-state index contributed by atoms with van der Waals surface area (Å²) in [7, 11) is 5.04. The van der Waals surface area contributed by atoms with Gasteiger partial charge in [0.05, 0.1) is 20.8 Å². The number of benzene rings is 1. The first-order valence-corrected chi connectivity index (χ1v) is 9.29. The number of methoxy groups -OCH3 is 2. The third kappa shape index (κ3) is 8.90. The fourth-order valence-corrected chi connectivity index (χ4v) is 2.59. The molecule has 1 unspecified atom stereocenters. The van der Waals surface area contributed by atoms with Crippen LogP contribution in [0.5, 0.6) is 17.2 Å². The highest BCUT2D eigenvalue weighted by Crippen LogP contribution is 2.38. The minimum atomic E-state index is 0. The van der Waals surface area contributed by atoms with Crippen LogP contribution in [0.3, 0.4) is 0 Å². The van der Waals surface area contributed by atoms with Gasteiger partial charge in [-0.25, -0.2) is 0 Å². The molecule has 0 aliphatic heterocycles.